The Morgan fingerprint density at radius 3 is 1.27 bits per heavy atom. The molecule has 0 atom stereocenters. The minimum atomic E-state index is -0.462. The second-order valence-corrected chi connectivity index (χ2v) is 7.58. The van der Waals surface area contributed by atoms with Crippen LogP contribution < -0.4 is 22.5 Å². The maximum atomic E-state index is 12.9. The molecule has 1 fully saturated rings. The highest BCUT2D eigenvalue weighted by Gasteiger charge is 2.25. The van der Waals surface area contributed by atoms with E-state index in [1.807, 2.05) is 0 Å². The van der Waals surface area contributed by atoms with Gasteiger partial charge in [-0.15, -0.1) is 0 Å². The maximum absolute atomic E-state index is 12.9. The zero-order chi connectivity index (χ0) is 22.5. The lowest BCUT2D eigenvalue weighted by Gasteiger charge is -2.10. The average Bonchev–Trinajstić information content (AvgIpc) is 3.07. The highest BCUT2D eigenvalue weighted by atomic mass is 16.2. The van der Waals surface area contributed by atoms with Crippen LogP contribution in [0.5, 0.6) is 0 Å². The molecule has 9 nitrogen and oxygen atoms in total. The summed E-state index contributed by atoms with van der Waals surface area (Å²) in [6.07, 6.45) is 3.90. The Bertz CT molecular complexity index is 1290. The van der Waals surface area contributed by atoms with Crippen molar-refractivity contribution in [3.8, 4) is 0 Å². The van der Waals surface area contributed by atoms with Crippen molar-refractivity contribution in [3.05, 3.63) is 75.3 Å². The van der Waals surface area contributed by atoms with Gasteiger partial charge in [0.05, 0.1) is 11.1 Å². The highest BCUT2D eigenvalue weighted by molar-refractivity contribution is 6.15. The van der Waals surface area contributed by atoms with E-state index in [-0.39, 0.29) is 5.78 Å². The first kappa shape index (κ1) is 21.2. The molecule has 0 bridgehead atoms. The van der Waals surface area contributed by atoms with Gasteiger partial charge in [-0.3, -0.25) is 23.5 Å². The first-order valence-corrected chi connectivity index (χ1v) is 9.46. The number of carbonyl (C=O) groups excluding carboxylic acids is 1. The fraction of sp³-hybridized carbons (Fsp3) is 0.381. The standard InChI is InChI=1S/C21H24N4O5/c1-11-15(18(27)24(5)20(29)22(11)3)9-13-7-8-14(17(13)26)10-16-12(2)23(4)21(30)25(6)19(16)28/h9-10H,7-8H2,1-6H3/b13-9+,14-10+. The third-order valence-corrected chi connectivity index (χ3v) is 5.89. The molecule has 0 N–H and O–H groups in total. The van der Waals surface area contributed by atoms with Crippen molar-refractivity contribution < 1.29 is 4.79 Å². The Hall–Kier alpha value is -3.49. The van der Waals surface area contributed by atoms with Crippen LogP contribution in [-0.2, 0) is 33.0 Å². The lowest BCUT2D eigenvalue weighted by molar-refractivity contribution is -0.111. The number of ketones is 1. The summed E-state index contributed by atoms with van der Waals surface area (Å²) in [7, 11) is 5.93. The van der Waals surface area contributed by atoms with E-state index in [4.69, 9.17) is 0 Å². The Morgan fingerprint density at radius 1 is 0.600 bits per heavy atom. The number of rotatable bonds is 2. The van der Waals surface area contributed by atoms with Gasteiger partial charge in [0.2, 0.25) is 0 Å². The van der Waals surface area contributed by atoms with Crippen LogP contribution in [0, 0.1) is 13.8 Å². The number of hydrogen-bond acceptors (Lipinski definition) is 5. The molecule has 3 rings (SSSR count). The van der Waals surface area contributed by atoms with Crippen LogP contribution in [0.1, 0.15) is 35.4 Å². The van der Waals surface area contributed by atoms with Crippen LogP contribution in [0.2, 0.25) is 0 Å². The van der Waals surface area contributed by atoms with Crippen molar-refractivity contribution in [1.82, 2.24) is 18.3 Å². The average molecular weight is 412 g/mol. The number of carbonyl (C=O) groups is 1. The first-order valence-electron chi connectivity index (χ1n) is 9.46. The molecule has 2 heterocycles. The van der Waals surface area contributed by atoms with Gasteiger partial charge in [-0.25, -0.2) is 9.59 Å². The fourth-order valence-corrected chi connectivity index (χ4v) is 3.60. The van der Waals surface area contributed by atoms with Crippen LogP contribution >= 0.6 is 0 Å². The van der Waals surface area contributed by atoms with Crippen LogP contribution in [-0.4, -0.2) is 24.1 Å². The summed E-state index contributed by atoms with van der Waals surface area (Å²) in [4.78, 5) is 62.1. The number of nitrogens with zero attached hydrogens (tertiary/aromatic N) is 4. The third-order valence-electron chi connectivity index (χ3n) is 5.89. The lowest BCUT2D eigenvalue weighted by Crippen LogP contribution is -2.39. The molecule has 0 amide bonds. The molecule has 0 aliphatic heterocycles. The Labute approximate surface area is 171 Å². The topological polar surface area (TPSA) is 105 Å². The van der Waals surface area contributed by atoms with Crippen LogP contribution in [0.4, 0.5) is 0 Å². The van der Waals surface area contributed by atoms with E-state index in [1.165, 1.54) is 35.4 Å². The second kappa shape index (κ2) is 7.40. The predicted octanol–water partition coefficient (Wildman–Crippen LogP) is -0.0719. The van der Waals surface area contributed by atoms with Gasteiger partial charge in [0.25, 0.3) is 11.1 Å². The van der Waals surface area contributed by atoms with Gasteiger partial charge in [0.1, 0.15) is 0 Å². The summed E-state index contributed by atoms with van der Waals surface area (Å²) >= 11 is 0. The molecule has 158 valence electrons. The first-order chi connectivity index (χ1) is 14.0. The number of Topliss-reactive ketones (excluding diaryl/α,β-unsaturated/α-hetero) is 1. The van der Waals surface area contributed by atoms with Crippen molar-refractivity contribution in [1.29, 1.82) is 0 Å². The van der Waals surface area contributed by atoms with E-state index in [0.29, 0.717) is 46.5 Å². The van der Waals surface area contributed by atoms with Crippen molar-refractivity contribution in [2.75, 3.05) is 0 Å². The summed E-state index contributed by atoms with van der Waals surface area (Å²) in [5.41, 5.74) is 0.632. The molecular weight excluding hydrogens is 388 g/mol. The quantitative estimate of drug-likeness (QED) is 0.642. The number of aromatic nitrogens is 4. The van der Waals surface area contributed by atoms with E-state index in [1.54, 1.807) is 27.9 Å². The molecule has 2 aromatic rings. The SMILES string of the molecule is Cc1c(/C=C2\CC/C(=C\c3c(C)n(C)c(=O)n(C)c3=O)C2=O)c(=O)n(C)c(=O)n1C. The third kappa shape index (κ3) is 3.16. The van der Waals surface area contributed by atoms with E-state index >= 15 is 0 Å². The fourth-order valence-electron chi connectivity index (χ4n) is 3.60. The van der Waals surface area contributed by atoms with Crippen LogP contribution in [0.15, 0.2) is 30.3 Å². The summed E-state index contributed by atoms with van der Waals surface area (Å²) in [5.74, 6) is -0.249. The molecule has 0 aromatic carbocycles. The Balaban J connectivity index is 2.12. The highest BCUT2D eigenvalue weighted by Crippen LogP contribution is 2.29. The largest absolute Gasteiger partial charge is 0.330 e. The molecule has 0 spiro atoms. The molecular formula is C21H24N4O5. The summed E-state index contributed by atoms with van der Waals surface area (Å²) in [6, 6.07) is 0. The summed E-state index contributed by atoms with van der Waals surface area (Å²) in [6.45, 7) is 3.31. The zero-order valence-corrected chi connectivity index (χ0v) is 17.9. The zero-order valence-electron chi connectivity index (χ0n) is 17.9. The van der Waals surface area contributed by atoms with Crippen molar-refractivity contribution in [3.63, 3.8) is 0 Å². The van der Waals surface area contributed by atoms with E-state index < -0.39 is 22.5 Å². The van der Waals surface area contributed by atoms with Crippen molar-refractivity contribution in [2.24, 2.45) is 28.2 Å². The Kier molecular flexibility index (Phi) is 5.23. The van der Waals surface area contributed by atoms with Gasteiger partial charge in [0.15, 0.2) is 5.78 Å². The van der Waals surface area contributed by atoms with Gasteiger partial charge < -0.3 is 9.13 Å². The molecule has 1 saturated carbocycles. The van der Waals surface area contributed by atoms with Crippen LogP contribution in [0.3, 0.4) is 0 Å². The van der Waals surface area contributed by atoms with Crippen molar-refractivity contribution >= 4 is 17.9 Å². The van der Waals surface area contributed by atoms with Crippen LogP contribution in [0.25, 0.3) is 12.2 Å². The second-order valence-electron chi connectivity index (χ2n) is 7.58. The van der Waals surface area contributed by atoms with E-state index in [0.717, 1.165) is 9.13 Å². The molecule has 0 saturated heterocycles. The molecule has 0 unspecified atom stereocenters. The molecule has 9 heteroatoms. The molecule has 2 aromatic heterocycles. The summed E-state index contributed by atoms with van der Waals surface area (Å²) < 4.78 is 4.74. The van der Waals surface area contributed by atoms with Gasteiger partial charge in [-0.05, 0) is 38.8 Å². The maximum Gasteiger partial charge on any atom is 0.330 e. The molecule has 0 radical (unpaired) electrons. The summed E-state index contributed by atoms with van der Waals surface area (Å²) in [5, 5.41) is 0. The molecule has 1 aliphatic carbocycles. The monoisotopic (exact) mass is 412 g/mol. The van der Waals surface area contributed by atoms with E-state index in [9.17, 15) is 24.0 Å². The smallest absolute Gasteiger partial charge is 0.300 e. The normalized spacial score (nSPS) is 16.8. The lowest BCUT2D eigenvalue weighted by atomic mass is 10.1. The Morgan fingerprint density at radius 2 is 0.933 bits per heavy atom. The van der Waals surface area contributed by atoms with Gasteiger partial charge in [-0.2, -0.15) is 0 Å². The van der Waals surface area contributed by atoms with Gasteiger partial charge in [-0.1, -0.05) is 0 Å². The predicted molar refractivity (Wildman–Crippen MR) is 114 cm³/mol. The molecule has 1 aliphatic rings. The minimum Gasteiger partial charge on any atom is -0.300 e. The minimum absolute atomic E-state index is 0.249. The molecule has 30 heavy (non-hydrogen) atoms. The van der Waals surface area contributed by atoms with Gasteiger partial charge >= 0.3 is 11.4 Å². The number of hydrogen-bond donors (Lipinski definition) is 0. The van der Waals surface area contributed by atoms with Gasteiger partial charge in [0, 0.05) is 50.7 Å². The number of allylic oxidation sites excluding steroid dienone is 2. The van der Waals surface area contributed by atoms with E-state index in [2.05, 4.69) is 0 Å². The van der Waals surface area contributed by atoms with Crippen molar-refractivity contribution in [2.45, 2.75) is 26.7 Å².